The number of carbonyl (C=O) groups is 1. The molecule has 90 valence electrons. The van der Waals surface area contributed by atoms with Crippen molar-refractivity contribution in [1.82, 2.24) is 5.43 Å². The zero-order valence-corrected chi connectivity index (χ0v) is 10.5. The molecular weight excluding hydrogens is 224 g/mol. The van der Waals surface area contributed by atoms with E-state index in [1.807, 2.05) is 6.07 Å². The molecule has 0 spiro atoms. The Hall–Kier alpha value is -0.940. The standard InChI is InChI=1S/C11H18N2O2S/c1-8(2)4-6-16-7-9-3-5-15-10(9)11(14)13-12/h3,5,8H,4,6-7,12H2,1-2H3,(H,13,14). The molecule has 16 heavy (non-hydrogen) atoms. The van der Waals surface area contributed by atoms with Crippen molar-refractivity contribution in [2.24, 2.45) is 11.8 Å². The van der Waals surface area contributed by atoms with Crippen LogP contribution in [0.5, 0.6) is 0 Å². The number of furan rings is 1. The molecule has 1 aromatic heterocycles. The SMILES string of the molecule is CC(C)CCSCc1ccoc1C(=O)NN. The number of amides is 1. The third-order valence-corrected chi connectivity index (χ3v) is 3.22. The molecular formula is C11H18N2O2S. The molecule has 0 aromatic carbocycles. The summed E-state index contributed by atoms with van der Waals surface area (Å²) in [6.07, 6.45) is 2.70. The Morgan fingerprint density at radius 1 is 1.62 bits per heavy atom. The lowest BCUT2D eigenvalue weighted by atomic mass is 10.2. The van der Waals surface area contributed by atoms with Crippen LogP contribution in [0.4, 0.5) is 0 Å². The largest absolute Gasteiger partial charge is 0.459 e. The third kappa shape index (κ3) is 3.90. The van der Waals surface area contributed by atoms with Crippen LogP contribution in [0.25, 0.3) is 0 Å². The Morgan fingerprint density at radius 2 is 2.38 bits per heavy atom. The van der Waals surface area contributed by atoms with Crippen molar-refractivity contribution in [2.45, 2.75) is 26.0 Å². The van der Waals surface area contributed by atoms with Gasteiger partial charge in [0.1, 0.15) is 0 Å². The predicted molar refractivity (Wildman–Crippen MR) is 66.0 cm³/mol. The Labute approximate surface area is 99.9 Å². The van der Waals surface area contributed by atoms with E-state index in [2.05, 4.69) is 19.3 Å². The minimum atomic E-state index is -0.371. The number of nitrogens with one attached hydrogen (secondary N) is 1. The molecule has 0 atom stereocenters. The quantitative estimate of drug-likeness (QED) is 0.347. The Bertz CT molecular complexity index is 336. The van der Waals surface area contributed by atoms with E-state index in [0.29, 0.717) is 11.7 Å². The van der Waals surface area contributed by atoms with Gasteiger partial charge in [0.05, 0.1) is 6.26 Å². The van der Waals surface area contributed by atoms with Crippen molar-refractivity contribution in [2.75, 3.05) is 5.75 Å². The maximum absolute atomic E-state index is 11.3. The van der Waals surface area contributed by atoms with Gasteiger partial charge >= 0.3 is 5.91 Å². The van der Waals surface area contributed by atoms with Crippen molar-refractivity contribution in [1.29, 1.82) is 0 Å². The van der Waals surface area contributed by atoms with Gasteiger partial charge in [-0.2, -0.15) is 11.8 Å². The number of rotatable bonds is 6. The van der Waals surface area contributed by atoms with Gasteiger partial charge in [-0.1, -0.05) is 13.8 Å². The third-order valence-electron chi connectivity index (χ3n) is 2.18. The Morgan fingerprint density at radius 3 is 3.00 bits per heavy atom. The molecule has 5 heteroatoms. The summed E-state index contributed by atoms with van der Waals surface area (Å²) in [7, 11) is 0. The topological polar surface area (TPSA) is 68.3 Å². The normalized spacial score (nSPS) is 10.8. The van der Waals surface area contributed by atoms with E-state index in [0.717, 1.165) is 17.1 Å². The Balaban J connectivity index is 2.42. The lowest BCUT2D eigenvalue weighted by Crippen LogP contribution is -2.30. The van der Waals surface area contributed by atoms with Crippen LogP contribution in [0.3, 0.4) is 0 Å². The molecule has 1 rings (SSSR count). The van der Waals surface area contributed by atoms with Gasteiger partial charge in [-0.05, 0) is 24.2 Å². The van der Waals surface area contributed by atoms with Gasteiger partial charge in [0, 0.05) is 11.3 Å². The molecule has 1 heterocycles. The molecule has 0 aliphatic rings. The van der Waals surface area contributed by atoms with E-state index in [-0.39, 0.29) is 5.91 Å². The zero-order valence-electron chi connectivity index (χ0n) is 9.66. The lowest BCUT2D eigenvalue weighted by Gasteiger charge is -2.04. The summed E-state index contributed by atoms with van der Waals surface area (Å²) in [5, 5.41) is 0. The number of hydrogen-bond acceptors (Lipinski definition) is 4. The summed E-state index contributed by atoms with van der Waals surface area (Å²) < 4.78 is 5.09. The number of nitrogens with two attached hydrogens (primary N) is 1. The summed E-state index contributed by atoms with van der Waals surface area (Å²) >= 11 is 1.80. The average Bonchev–Trinajstić information content (AvgIpc) is 2.71. The highest BCUT2D eigenvalue weighted by atomic mass is 32.2. The molecule has 0 fully saturated rings. The highest BCUT2D eigenvalue weighted by Crippen LogP contribution is 2.19. The lowest BCUT2D eigenvalue weighted by molar-refractivity contribution is 0.0925. The van der Waals surface area contributed by atoms with Crippen molar-refractivity contribution >= 4 is 17.7 Å². The van der Waals surface area contributed by atoms with Crippen LogP contribution in [0, 0.1) is 5.92 Å². The molecule has 1 amide bonds. The maximum Gasteiger partial charge on any atom is 0.301 e. The van der Waals surface area contributed by atoms with Gasteiger partial charge in [-0.3, -0.25) is 10.2 Å². The van der Waals surface area contributed by atoms with Crippen LogP contribution in [-0.4, -0.2) is 11.7 Å². The first-order valence-corrected chi connectivity index (χ1v) is 6.45. The summed E-state index contributed by atoms with van der Waals surface area (Å²) in [5.74, 6) is 7.59. The number of nitrogen functional groups attached to an aromatic ring is 1. The maximum atomic E-state index is 11.3. The second-order valence-electron chi connectivity index (χ2n) is 3.98. The highest BCUT2D eigenvalue weighted by Gasteiger charge is 2.13. The van der Waals surface area contributed by atoms with E-state index in [9.17, 15) is 4.79 Å². The smallest absolute Gasteiger partial charge is 0.301 e. The molecule has 0 saturated heterocycles. The molecule has 1 aromatic rings. The molecule has 0 bridgehead atoms. The second-order valence-corrected chi connectivity index (χ2v) is 5.09. The van der Waals surface area contributed by atoms with Crippen LogP contribution >= 0.6 is 11.8 Å². The van der Waals surface area contributed by atoms with Crippen LogP contribution in [0.2, 0.25) is 0 Å². The van der Waals surface area contributed by atoms with E-state index >= 15 is 0 Å². The van der Waals surface area contributed by atoms with Gasteiger partial charge in [0.25, 0.3) is 0 Å². The number of hydrogen-bond donors (Lipinski definition) is 2. The summed E-state index contributed by atoms with van der Waals surface area (Å²) in [6, 6.07) is 1.81. The first-order valence-electron chi connectivity index (χ1n) is 5.30. The monoisotopic (exact) mass is 242 g/mol. The molecule has 0 aliphatic heterocycles. The van der Waals surface area contributed by atoms with Crippen molar-refractivity contribution < 1.29 is 9.21 Å². The number of thioether (sulfide) groups is 1. The molecule has 0 saturated carbocycles. The van der Waals surface area contributed by atoms with Gasteiger partial charge in [-0.25, -0.2) is 5.84 Å². The molecule has 0 radical (unpaired) electrons. The fourth-order valence-corrected chi connectivity index (χ4v) is 2.44. The molecule has 4 nitrogen and oxygen atoms in total. The van der Waals surface area contributed by atoms with E-state index in [1.165, 1.54) is 12.7 Å². The fourth-order valence-electron chi connectivity index (χ4n) is 1.22. The average molecular weight is 242 g/mol. The number of carbonyl (C=O) groups excluding carboxylic acids is 1. The number of hydrazine groups is 1. The second kappa shape index (κ2) is 6.60. The van der Waals surface area contributed by atoms with E-state index in [4.69, 9.17) is 10.3 Å². The summed E-state index contributed by atoms with van der Waals surface area (Å²) in [6.45, 7) is 4.40. The predicted octanol–water partition coefficient (Wildman–Crippen LogP) is 2.16. The van der Waals surface area contributed by atoms with Gasteiger partial charge < -0.3 is 4.42 Å². The van der Waals surface area contributed by atoms with E-state index < -0.39 is 0 Å². The molecule has 0 unspecified atom stereocenters. The van der Waals surface area contributed by atoms with Crippen LogP contribution in [0.1, 0.15) is 36.4 Å². The fraction of sp³-hybridized carbons (Fsp3) is 0.545. The minimum Gasteiger partial charge on any atom is -0.459 e. The highest BCUT2D eigenvalue weighted by molar-refractivity contribution is 7.98. The van der Waals surface area contributed by atoms with Crippen LogP contribution < -0.4 is 11.3 Å². The first-order chi connectivity index (χ1) is 7.65. The first kappa shape index (κ1) is 13.1. The van der Waals surface area contributed by atoms with Crippen molar-refractivity contribution in [3.63, 3.8) is 0 Å². The summed E-state index contributed by atoms with van der Waals surface area (Å²) in [4.78, 5) is 11.3. The van der Waals surface area contributed by atoms with E-state index in [1.54, 1.807) is 11.8 Å². The summed E-state index contributed by atoms with van der Waals surface area (Å²) in [5.41, 5.74) is 2.97. The minimum absolute atomic E-state index is 0.319. The molecule has 0 aliphatic carbocycles. The molecule has 3 N–H and O–H groups in total. The van der Waals surface area contributed by atoms with Crippen LogP contribution in [0.15, 0.2) is 16.7 Å². The van der Waals surface area contributed by atoms with Crippen molar-refractivity contribution in [3.8, 4) is 0 Å². The van der Waals surface area contributed by atoms with Crippen LogP contribution in [-0.2, 0) is 5.75 Å². The zero-order chi connectivity index (χ0) is 12.0. The Kier molecular flexibility index (Phi) is 5.42. The van der Waals surface area contributed by atoms with Gasteiger partial charge in [-0.15, -0.1) is 0 Å². The van der Waals surface area contributed by atoms with Crippen molar-refractivity contribution in [3.05, 3.63) is 23.7 Å². The van der Waals surface area contributed by atoms with Gasteiger partial charge in [0.15, 0.2) is 5.76 Å². The van der Waals surface area contributed by atoms with Gasteiger partial charge in [0.2, 0.25) is 0 Å².